The summed E-state index contributed by atoms with van der Waals surface area (Å²) in [5.74, 6) is 4.42. The molecule has 0 saturated carbocycles. The minimum absolute atomic E-state index is 0.206. The highest BCUT2D eigenvalue weighted by Gasteiger charge is 2.07. The lowest BCUT2D eigenvalue weighted by Gasteiger charge is -2.06. The van der Waals surface area contributed by atoms with Gasteiger partial charge in [0.25, 0.3) is 0 Å². The number of carbonyl (C=O) groups is 1. The SMILES string of the molecule is Cc1ccc2cccc(CC(=O)ON)c2c1. The van der Waals surface area contributed by atoms with Crippen molar-refractivity contribution in [1.82, 2.24) is 0 Å². The molecule has 0 bridgehead atoms. The van der Waals surface area contributed by atoms with Crippen LogP contribution in [-0.2, 0) is 16.1 Å². The molecule has 82 valence electrons. The van der Waals surface area contributed by atoms with Crippen molar-refractivity contribution in [3.8, 4) is 0 Å². The predicted molar refractivity (Wildman–Crippen MR) is 62.7 cm³/mol. The summed E-state index contributed by atoms with van der Waals surface area (Å²) in [6, 6.07) is 12.0. The highest BCUT2D eigenvalue weighted by atomic mass is 16.7. The van der Waals surface area contributed by atoms with Gasteiger partial charge in [-0.2, -0.15) is 5.90 Å². The lowest BCUT2D eigenvalue weighted by atomic mass is 10.0. The molecule has 0 radical (unpaired) electrons. The molecule has 0 aliphatic heterocycles. The predicted octanol–water partition coefficient (Wildman–Crippen LogP) is 2.11. The fourth-order valence-electron chi connectivity index (χ4n) is 1.80. The molecule has 0 fully saturated rings. The second-order valence-corrected chi connectivity index (χ2v) is 3.81. The summed E-state index contributed by atoms with van der Waals surface area (Å²) in [6.45, 7) is 2.03. The third-order valence-electron chi connectivity index (χ3n) is 2.59. The van der Waals surface area contributed by atoms with E-state index in [1.807, 2.05) is 37.3 Å². The fourth-order valence-corrected chi connectivity index (χ4v) is 1.80. The quantitative estimate of drug-likeness (QED) is 0.780. The number of hydrogen-bond donors (Lipinski definition) is 1. The average molecular weight is 215 g/mol. The van der Waals surface area contributed by atoms with Gasteiger partial charge < -0.3 is 4.84 Å². The smallest absolute Gasteiger partial charge is 0.328 e. The zero-order chi connectivity index (χ0) is 11.5. The minimum Gasteiger partial charge on any atom is -0.373 e. The Balaban J connectivity index is 2.52. The summed E-state index contributed by atoms with van der Waals surface area (Å²) in [5, 5.41) is 2.20. The molecule has 0 saturated heterocycles. The van der Waals surface area contributed by atoms with Crippen LogP contribution in [0.15, 0.2) is 36.4 Å². The normalized spacial score (nSPS) is 10.4. The van der Waals surface area contributed by atoms with E-state index in [0.29, 0.717) is 0 Å². The summed E-state index contributed by atoms with van der Waals surface area (Å²) >= 11 is 0. The van der Waals surface area contributed by atoms with Crippen molar-refractivity contribution in [3.63, 3.8) is 0 Å². The van der Waals surface area contributed by atoms with Crippen molar-refractivity contribution in [2.75, 3.05) is 0 Å². The van der Waals surface area contributed by atoms with Crippen LogP contribution < -0.4 is 5.90 Å². The van der Waals surface area contributed by atoms with Crippen LogP contribution >= 0.6 is 0 Å². The van der Waals surface area contributed by atoms with Crippen LogP contribution in [0.1, 0.15) is 11.1 Å². The van der Waals surface area contributed by atoms with Gasteiger partial charge in [-0.1, -0.05) is 42.0 Å². The lowest BCUT2D eigenvalue weighted by Crippen LogP contribution is -2.12. The van der Waals surface area contributed by atoms with Gasteiger partial charge >= 0.3 is 5.97 Å². The van der Waals surface area contributed by atoms with Crippen LogP contribution in [-0.4, -0.2) is 5.97 Å². The molecule has 2 aromatic carbocycles. The monoisotopic (exact) mass is 215 g/mol. The molecule has 0 spiro atoms. The number of benzene rings is 2. The number of carbonyl (C=O) groups excluding carboxylic acids is 1. The molecular formula is C13H13NO2. The summed E-state index contributed by atoms with van der Waals surface area (Å²) in [7, 11) is 0. The Morgan fingerprint density at radius 1 is 1.31 bits per heavy atom. The highest BCUT2D eigenvalue weighted by Crippen LogP contribution is 2.20. The zero-order valence-corrected chi connectivity index (χ0v) is 9.07. The number of hydrogen-bond acceptors (Lipinski definition) is 3. The van der Waals surface area contributed by atoms with Crippen LogP contribution in [0.25, 0.3) is 10.8 Å². The van der Waals surface area contributed by atoms with E-state index >= 15 is 0 Å². The standard InChI is InChI=1S/C13H13NO2/c1-9-5-6-10-3-2-4-11(12(10)7-9)8-13(15)16-14/h2-7H,8,14H2,1H3. The Morgan fingerprint density at radius 2 is 2.12 bits per heavy atom. The molecule has 0 atom stereocenters. The minimum atomic E-state index is -0.422. The van der Waals surface area contributed by atoms with Crippen molar-refractivity contribution in [1.29, 1.82) is 0 Å². The van der Waals surface area contributed by atoms with Gasteiger partial charge in [0.1, 0.15) is 0 Å². The van der Waals surface area contributed by atoms with Gasteiger partial charge in [0.2, 0.25) is 0 Å². The van der Waals surface area contributed by atoms with Crippen molar-refractivity contribution >= 4 is 16.7 Å². The Morgan fingerprint density at radius 3 is 2.88 bits per heavy atom. The molecule has 0 heterocycles. The van der Waals surface area contributed by atoms with Crippen molar-refractivity contribution in [2.45, 2.75) is 13.3 Å². The first-order chi connectivity index (χ1) is 7.70. The molecule has 2 aromatic rings. The number of aryl methyl sites for hydroxylation is 1. The fraction of sp³-hybridized carbons (Fsp3) is 0.154. The molecule has 2 rings (SSSR count). The molecule has 3 heteroatoms. The Labute approximate surface area is 93.8 Å². The zero-order valence-electron chi connectivity index (χ0n) is 9.07. The summed E-state index contributed by atoms with van der Waals surface area (Å²) in [4.78, 5) is 15.4. The molecule has 0 amide bonds. The molecule has 3 nitrogen and oxygen atoms in total. The second kappa shape index (κ2) is 4.33. The summed E-state index contributed by atoms with van der Waals surface area (Å²) < 4.78 is 0. The maximum Gasteiger partial charge on any atom is 0.328 e. The van der Waals surface area contributed by atoms with Crippen LogP contribution in [0.2, 0.25) is 0 Å². The Hall–Kier alpha value is -1.87. The van der Waals surface area contributed by atoms with E-state index in [2.05, 4.69) is 10.9 Å². The van der Waals surface area contributed by atoms with Crippen LogP contribution in [0.4, 0.5) is 0 Å². The molecule has 0 aliphatic carbocycles. The molecule has 0 unspecified atom stereocenters. The van der Waals surface area contributed by atoms with E-state index in [4.69, 9.17) is 5.90 Å². The van der Waals surface area contributed by atoms with E-state index in [9.17, 15) is 4.79 Å². The topological polar surface area (TPSA) is 52.3 Å². The summed E-state index contributed by atoms with van der Waals surface area (Å²) in [6.07, 6.45) is 0.206. The Kier molecular flexibility index (Phi) is 2.88. The molecule has 16 heavy (non-hydrogen) atoms. The van der Waals surface area contributed by atoms with E-state index in [1.54, 1.807) is 0 Å². The van der Waals surface area contributed by atoms with Gasteiger partial charge in [-0.15, -0.1) is 0 Å². The first kappa shape index (κ1) is 10.6. The average Bonchev–Trinajstić information content (AvgIpc) is 2.29. The van der Waals surface area contributed by atoms with E-state index in [1.165, 1.54) is 5.56 Å². The third kappa shape index (κ3) is 2.04. The first-order valence-electron chi connectivity index (χ1n) is 5.08. The maximum atomic E-state index is 11.2. The molecule has 0 aromatic heterocycles. The van der Waals surface area contributed by atoms with Crippen molar-refractivity contribution < 1.29 is 9.63 Å². The van der Waals surface area contributed by atoms with Gasteiger partial charge in [-0.3, -0.25) is 4.79 Å². The number of fused-ring (bicyclic) bond motifs is 1. The van der Waals surface area contributed by atoms with E-state index in [-0.39, 0.29) is 6.42 Å². The van der Waals surface area contributed by atoms with E-state index in [0.717, 1.165) is 16.3 Å². The Bertz CT molecular complexity index is 534. The molecular weight excluding hydrogens is 202 g/mol. The van der Waals surface area contributed by atoms with Crippen LogP contribution in [0.5, 0.6) is 0 Å². The van der Waals surface area contributed by atoms with Gasteiger partial charge in [0.05, 0.1) is 6.42 Å². The largest absolute Gasteiger partial charge is 0.373 e. The number of nitrogens with two attached hydrogens (primary N) is 1. The van der Waals surface area contributed by atoms with Crippen molar-refractivity contribution in [3.05, 3.63) is 47.5 Å². The molecule has 0 aliphatic rings. The second-order valence-electron chi connectivity index (χ2n) is 3.81. The van der Waals surface area contributed by atoms with Crippen LogP contribution in [0, 0.1) is 6.92 Å². The van der Waals surface area contributed by atoms with Gasteiger partial charge in [0.15, 0.2) is 0 Å². The van der Waals surface area contributed by atoms with Crippen LogP contribution in [0.3, 0.4) is 0 Å². The lowest BCUT2D eigenvalue weighted by molar-refractivity contribution is -0.143. The number of rotatable bonds is 2. The summed E-state index contributed by atoms with van der Waals surface area (Å²) in [5.41, 5.74) is 2.11. The van der Waals surface area contributed by atoms with Gasteiger partial charge in [-0.25, -0.2) is 0 Å². The van der Waals surface area contributed by atoms with E-state index < -0.39 is 5.97 Å². The maximum absolute atomic E-state index is 11.2. The third-order valence-corrected chi connectivity index (χ3v) is 2.59. The van der Waals surface area contributed by atoms with Gasteiger partial charge in [-0.05, 0) is 23.3 Å². The van der Waals surface area contributed by atoms with Crippen molar-refractivity contribution in [2.24, 2.45) is 5.90 Å². The highest BCUT2D eigenvalue weighted by molar-refractivity contribution is 5.89. The van der Waals surface area contributed by atoms with Gasteiger partial charge in [0, 0.05) is 0 Å². The molecule has 2 N–H and O–H groups in total. The first-order valence-corrected chi connectivity index (χ1v) is 5.08.